The maximum atomic E-state index is 12.4. The molecule has 1 saturated heterocycles. The summed E-state index contributed by atoms with van der Waals surface area (Å²) in [4.78, 5) is 26.6. The van der Waals surface area contributed by atoms with Crippen LogP contribution in [0, 0.1) is 12.3 Å². The van der Waals surface area contributed by atoms with Crippen molar-refractivity contribution in [3.05, 3.63) is 48.0 Å². The highest BCUT2D eigenvalue weighted by Gasteiger charge is 2.24. The van der Waals surface area contributed by atoms with Crippen LogP contribution < -0.4 is 4.90 Å². The summed E-state index contributed by atoms with van der Waals surface area (Å²) in [6.45, 7) is 12.1. The van der Waals surface area contributed by atoms with Crippen LogP contribution in [0.2, 0.25) is 0 Å². The van der Waals surface area contributed by atoms with E-state index in [0.717, 1.165) is 48.5 Å². The van der Waals surface area contributed by atoms with Gasteiger partial charge in [-0.3, -0.25) is 9.69 Å². The average Bonchev–Trinajstić information content (AvgIpc) is 2.72. The molecule has 2 heterocycles. The first-order valence-electron chi connectivity index (χ1n) is 11.3. The third-order valence-corrected chi connectivity index (χ3v) is 5.78. The van der Waals surface area contributed by atoms with Crippen LogP contribution in [0.4, 0.5) is 5.82 Å². The molecule has 32 heavy (non-hydrogen) atoms. The lowest BCUT2D eigenvalue weighted by Gasteiger charge is -2.36. The van der Waals surface area contributed by atoms with E-state index in [4.69, 9.17) is 9.97 Å². The molecule has 6 heteroatoms. The summed E-state index contributed by atoms with van der Waals surface area (Å²) in [5.74, 6) is 1.89. The topological polar surface area (TPSA) is 69.6 Å². The number of carbonyl (C=O) groups is 1. The molecule has 2 aromatic carbocycles. The Kier molecular flexibility index (Phi) is 6.15. The van der Waals surface area contributed by atoms with Gasteiger partial charge in [-0.1, -0.05) is 39.0 Å². The number of aryl methyl sites for hydroxylation is 1. The van der Waals surface area contributed by atoms with E-state index in [1.807, 2.05) is 19.1 Å². The number of Topliss-reactive ketones (excluding diaryl/α,β-unsaturated/α-hetero) is 1. The lowest BCUT2D eigenvalue weighted by molar-refractivity contribution is -0.121. The lowest BCUT2D eigenvalue weighted by Crippen LogP contribution is -2.48. The van der Waals surface area contributed by atoms with E-state index in [2.05, 4.69) is 48.8 Å². The number of hydrogen-bond donors (Lipinski definition) is 1. The first-order chi connectivity index (χ1) is 15.2. The number of benzene rings is 2. The summed E-state index contributed by atoms with van der Waals surface area (Å²) in [6.07, 6.45) is 0.604. The van der Waals surface area contributed by atoms with Crippen molar-refractivity contribution in [2.45, 2.75) is 34.1 Å². The highest BCUT2D eigenvalue weighted by molar-refractivity contribution is 5.92. The minimum atomic E-state index is 0.0241. The SMILES string of the molecule is Cc1ccc2c(N3CCN(CC(=O)CC(C)(C)C)CC3)nc(-c3ccccc3O)nc2c1. The van der Waals surface area contributed by atoms with Crippen molar-refractivity contribution in [3.63, 3.8) is 0 Å². The minimum Gasteiger partial charge on any atom is -0.507 e. The molecule has 0 unspecified atom stereocenters. The number of aromatic hydroxyl groups is 1. The molecule has 1 aliphatic rings. The zero-order valence-corrected chi connectivity index (χ0v) is 19.4. The van der Waals surface area contributed by atoms with E-state index >= 15 is 0 Å². The molecule has 0 spiro atoms. The molecule has 0 saturated carbocycles. The molecule has 1 N–H and O–H groups in total. The predicted molar refractivity (Wildman–Crippen MR) is 129 cm³/mol. The molecule has 168 valence electrons. The van der Waals surface area contributed by atoms with Crippen LogP contribution in [0.1, 0.15) is 32.8 Å². The molecule has 0 bridgehead atoms. The number of nitrogens with zero attached hydrogens (tertiary/aromatic N) is 4. The Morgan fingerprint density at radius 3 is 2.44 bits per heavy atom. The normalized spacial score (nSPS) is 15.3. The molecule has 1 aromatic heterocycles. The number of carbonyl (C=O) groups excluding carboxylic acids is 1. The molecule has 0 amide bonds. The van der Waals surface area contributed by atoms with Crippen LogP contribution in [0.15, 0.2) is 42.5 Å². The third-order valence-electron chi connectivity index (χ3n) is 5.78. The van der Waals surface area contributed by atoms with Gasteiger partial charge < -0.3 is 10.0 Å². The van der Waals surface area contributed by atoms with Crippen molar-refractivity contribution < 1.29 is 9.90 Å². The van der Waals surface area contributed by atoms with Gasteiger partial charge in [-0.25, -0.2) is 9.97 Å². The van der Waals surface area contributed by atoms with Crippen molar-refractivity contribution in [3.8, 4) is 17.1 Å². The first-order valence-corrected chi connectivity index (χ1v) is 11.3. The van der Waals surface area contributed by atoms with E-state index in [9.17, 15) is 9.90 Å². The molecular formula is C26H32N4O2. The second kappa shape index (κ2) is 8.87. The average molecular weight is 433 g/mol. The fraction of sp³-hybridized carbons (Fsp3) is 0.423. The number of hydrogen-bond acceptors (Lipinski definition) is 6. The number of anilines is 1. The van der Waals surface area contributed by atoms with E-state index in [0.29, 0.717) is 30.1 Å². The van der Waals surface area contributed by atoms with Crippen molar-refractivity contribution >= 4 is 22.5 Å². The quantitative estimate of drug-likeness (QED) is 0.643. The number of fused-ring (bicyclic) bond motifs is 1. The van der Waals surface area contributed by atoms with Crippen LogP contribution in [-0.2, 0) is 4.79 Å². The van der Waals surface area contributed by atoms with E-state index in [1.54, 1.807) is 12.1 Å². The summed E-state index contributed by atoms with van der Waals surface area (Å²) >= 11 is 0. The number of aromatic nitrogens is 2. The molecule has 4 rings (SSSR count). The molecular weight excluding hydrogens is 400 g/mol. The van der Waals surface area contributed by atoms with Crippen molar-refractivity contribution in [2.75, 3.05) is 37.6 Å². The van der Waals surface area contributed by atoms with Gasteiger partial charge in [0.05, 0.1) is 17.6 Å². The second-order valence-electron chi connectivity index (χ2n) is 9.95. The smallest absolute Gasteiger partial charge is 0.165 e. The van der Waals surface area contributed by atoms with Crippen LogP contribution in [0.5, 0.6) is 5.75 Å². The van der Waals surface area contributed by atoms with E-state index < -0.39 is 0 Å². The third kappa shape index (κ3) is 5.07. The second-order valence-corrected chi connectivity index (χ2v) is 9.95. The van der Waals surface area contributed by atoms with Crippen molar-refractivity contribution in [2.24, 2.45) is 5.41 Å². The Balaban J connectivity index is 1.59. The number of rotatable bonds is 5. The molecule has 1 fully saturated rings. The summed E-state index contributed by atoms with van der Waals surface area (Å²) < 4.78 is 0. The van der Waals surface area contributed by atoms with Gasteiger partial charge >= 0.3 is 0 Å². The Hall–Kier alpha value is -2.99. The van der Waals surface area contributed by atoms with Gasteiger partial charge in [0.1, 0.15) is 17.4 Å². The van der Waals surface area contributed by atoms with Gasteiger partial charge in [-0.15, -0.1) is 0 Å². The lowest BCUT2D eigenvalue weighted by atomic mass is 9.90. The number of para-hydroxylation sites is 1. The number of ketones is 1. The predicted octanol–water partition coefficient (Wildman–Crippen LogP) is 4.44. The summed E-state index contributed by atoms with van der Waals surface area (Å²) in [5.41, 5.74) is 2.66. The fourth-order valence-corrected chi connectivity index (χ4v) is 4.26. The monoisotopic (exact) mass is 432 g/mol. The summed E-state index contributed by atoms with van der Waals surface area (Å²) in [5, 5.41) is 11.4. The molecule has 6 nitrogen and oxygen atoms in total. The van der Waals surface area contributed by atoms with Gasteiger partial charge in [0, 0.05) is 38.0 Å². The molecule has 0 aliphatic carbocycles. The first kappa shape index (κ1) is 22.2. The Morgan fingerprint density at radius 2 is 1.75 bits per heavy atom. The van der Waals surface area contributed by atoms with Crippen molar-refractivity contribution in [1.29, 1.82) is 0 Å². The van der Waals surface area contributed by atoms with Crippen LogP contribution >= 0.6 is 0 Å². The number of phenolic OH excluding ortho intramolecular Hbond substituents is 1. The van der Waals surface area contributed by atoms with Crippen LogP contribution in [-0.4, -0.2) is 58.5 Å². The highest BCUT2D eigenvalue weighted by atomic mass is 16.3. The van der Waals surface area contributed by atoms with Gasteiger partial charge in [0.2, 0.25) is 0 Å². The largest absolute Gasteiger partial charge is 0.507 e. The Labute approximate surface area is 189 Å². The van der Waals surface area contributed by atoms with Crippen LogP contribution in [0.25, 0.3) is 22.3 Å². The molecule has 3 aromatic rings. The maximum absolute atomic E-state index is 12.4. The zero-order valence-electron chi connectivity index (χ0n) is 19.4. The molecule has 0 radical (unpaired) electrons. The number of phenols is 1. The zero-order chi connectivity index (χ0) is 22.9. The van der Waals surface area contributed by atoms with Gasteiger partial charge in [0.25, 0.3) is 0 Å². The van der Waals surface area contributed by atoms with E-state index in [-0.39, 0.29) is 11.2 Å². The summed E-state index contributed by atoms with van der Waals surface area (Å²) in [7, 11) is 0. The fourth-order valence-electron chi connectivity index (χ4n) is 4.26. The summed E-state index contributed by atoms with van der Waals surface area (Å²) in [6, 6.07) is 13.4. The van der Waals surface area contributed by atoms with E-state index in [1.165, 1.54) is 0 Å². The van der Waals surface area contributed by atoms with Crippen molar-refractivity contribution in [1.82, 2.24) is 14.9 Å². The number of piperazine rings is 1. The molecule has 1 aliphatic heterocycles. The standard InChI is InChI=1S/C26H32N4O2/c1-18-9-10-20-22(15-18)27-24(21-7-5-6-8-23(21)32)28-25(20)30-13-11-29(12-14-30)17-19(31)16-26(2,3)4/h5-10,15,32H,11-14,16-17H2,1-4H3. The van der Waals surface area contributed by atoms with Gasteiger partial charge in [-0.05, 0) is 42.2 Å². The minimum absolute atomic E-state index is 0.0241. The van der Waals surface area contributed by atoms with Gasteiger partial charge in [0.15, 0.2) is 5.82 Å². The Bertz CT molecular complexity index is 1130. The van der Waals surface area contributed by atoms with Crippen LogP contribution in [0.3, 0.4) is 0 Å². The Morgan fingerprint density at radius 1 is 1.03 bits per heavy atom. The molecule has 0 atom stereocenters. The van der Waals surface area contributed by atoms with Gasteiger partial charge in [-0.2, -0.15) is 0 Å². The highest BCUT2D eigenvalue weighted by Crippen LogP contribution is 2.32. The maximum Gasteiger partial charge on any atom is 0.165 e.